The number of aromatic hydroxyl groups is 1. The van der Waals surface area contributed by atoms with E-state index in [1.165, 1.54) is 0 Å². The zero-order valence-corrected chi connectivity index (χ0v) is 19.6. The Labute approximate surface area is 192 Å². The molecule has 2 N–H and O–H groups in total. The van der Waals surface area contributed by atoms with E-state index in [1.807, 2.05) is 38.9 Å². The number of ether oxygens (including phenoxy) is 1. The summed E-state index contributed by atoms with van der Waals surface area (Å²) >= 11 is 0. The van der Waals surface area contributed by atoms with E-state index in [2.05, 4.69) is 0 Å². The van der Waals surface area contributed by atoms with Crippen LogP contribution in [0.5, 0.6) is 5.75 Å². The van der Waals surface area contributed by atoms with E-state index < -0.39 is 11.6 Å². The molecular formula is C25H29N3O5. The third kappa shape index (κ3) is 3.41. The number of fused-ring (bicyclic) bond motifs is 5. The molecule has 0 spiro atoms. The summed E-state index contributed by atoms with van der Waals surface area (Å²) < 4.78 is 6.71. The van der Waals surface area contributed by atoms with Gasteiger partial charge in [-0.3, -0.25) is 4.79 Å². The first-order valence-electron chi connectivity index (χ1n) is 11.2. The smallest absolute Gasteiger partial charge is 0.343 e. The Hall–Kier alpha value is -3.23. The summed E-state index contributed by atoms with van der Waals surface area (Å²) in [4.78, 5) is 32.3. The number of carbonyl (C=O) groups is 1. The molecule has 0 radical (unpaired) electrons. The summed E-state index contributed by atoms with van der Waals surface area (Å²) in [6.07, 6.45) is 0.104. The standard InChI is InChI=1S/C23H23N3O5.C2H6/c1-4-23(30)16-8-18-20-12(9-26(18)21(28)15(16)11-31-22(23)29)7-13-14(10-25(2)3)19(27)6-5-17(13)24-20;1-2/h5-8,27,30H,4,9-11H2,1-3H3;1-2H3. The minimum atomic E-state index is -1.84. The SMILES string of the molecule is CC.CCC1(O)C(=O)OCc2c1cc1n(c2=O)Cc2cc3c(CN(C)C)c(O)ccc3nc2-1. The fourth-order valence-corrected chi connectivity index (χ4v) is 4.58. The molecule has 8 heteroatoms. The summed E-state index contributed by atoms with van der Waals surface area (Å²) in [5.74, 6) is -0.532. The molecule has 0 bridgehead atoms. The van der Waals surface area contributed by atoms with Gasteiger partial charge in [0.2, 0.25) is 0 Å². The van der Waals surface area contributed by atoms with Gasteiger partial charge in [0.25, 0.3) is 5.56 Å². The molecular weight excluding hydrogens is 422 g/mol. The molecule has 3 aromatic rings. The average molecular weight is 452 g/mol. The maximum absolute atomic E-state index is 13.2. The molecule has 0 aliphatic carbocycles. The number of esters is 1. The number of hydrogen-bond donors (Lipinski definition) is 2. The predicted octanol–water partition coefficient (Wildman–Crippen LogP) is 2.87. The van der Waals surface area contributed by atoms with Crippen LogP contribution in [0.4, 0.5) is 0 Å². The molecule has 0 saturated carbocycles. The second kappa shape index (κ2) is 8.28. The Morgan fingerprint density at radius 1 is 1.21 bits per heavy atom. The zero-order valence-electron chi connectivity index (χ0n) is 19.6. The van der Waals surface area contributed by atoms with Gasteiger partial charge in [-0.1, -0.05) is 20.8 Å². The van der Waals surface area contributed by atoms with Gasteiger partial charge in [0.1, 0.15) is 12.4 Å². The topological polar surface area (TPSA) is 105 Å². The number of phenolic OH excluding ortho intramolecular Hbond substituents is 1. The van der Waals surface area contributed by atoms with Crippen LogP contribution in [-0.4, -0.2) is 44.7 Å². The Balaban J connectivity index is 0.00000126. The number of hydrogen-bond acceptors (Lipinski definition) is 7. The Bertz CT molecular complexity index is 1330. The van der Waals surface area contributed by atoms with Gasteiger partial charge in [-0.2, -0.15) is 0 Å². The van der Waals surface area contributed by atoms with Crippen molar-refractivity contribution in [1.29, 1.82) is 0 Å². The Morgan fingerprint density at radius 2 is 1.94 bits per heavy atom. The number of aromatic nitrogens is 2. The summed E-state index contributed by atoms with van der Waals surface area (Å²) in [5.41, 5.74) is 2.03. The largest absolute Gasteiger partial charge is 0.508 e. The first kappa shape index (κ1) is 22.9. The Morgan fingerprint density at radius 3 is 2.61 bits per heavy atom. The number of benzene rings is 1. The van der Waals surface area contributed by atoms with Gasteiger partial charge in [-0.05, 0) is 44.8 Å². The molecule has 2 aromatic heterocycles. The van der Waals surface area contributed by atoms with Crippen LogP contribution >= 0.6 is 0 Å². The lowest BCUT2D eigenvalue weighted by atomic mass is 9.86. The van der Waals surface area contributed by atoms with Crippen LogP contribution in [0.2, 0.25) is 0 Å². The summed E-state index contributed by atoms with van der Waals surface area (Å²) in [6.45, 7) is 6.41. The van der Waals surface area contributed by atoms with Gasteiger partial charge >= 0.3 is 5.97 Å². The first-order valence-corrected chi connectivity index (χ1v) is 11.2. The zero-order chi connectivity index (χ0) is 24.1. The molecule has 0 saturated heterocycles. The van der Waals surface area contributed by atoms with Crippen LogP contribution in [0.25, 0.3) is 22.3 Å². The molecule has 8 nitrogen and oxygen atoms in total. The van der Waals surface area contributed by atoms with Crippen LogP contribution in [0.3, 0.4) is 0 Å². The molecule has 0 fully saturated rings. The molecule has 33 heavy (non-hydrogen) atoms. The lowest BCUT2D eigenvalue weighted by Crippen LogP contribution is -2.44. The van der Waals surface area contributed by atoms with E-state index in [-0.39, 0.29) is 24.3 Å². The van der Waals surface area contributed by atoms with E-state index in [1.54, 1.807) is 29.7 Å². The van der Waals surface area contributed by atoms with Crippen LogP contribution in [0.15, 0.2) is 29.1 Å². The quantitative estimate of drug-likeness (QED) is 0.462. The summed E-state index contributed by atoms with van der Waals surface area (Å²) in [6, 6.07) is 7.05. The predicted molar refractivity (Wildman–Crippen MR) is 125 cm³/mol. The van der Waals surface area contributed by atoms with Crippen molar-refractivity contribution in [1.82, 2.24) is 14.5 Å². The number of aliphatic hydroxyl groups is 1. The number of cyclic esters (lactones) is 1. The van der Waals surface area contributed by atoms with Gasteiger partial charge in [-0.15, -0.1) is 0 Å². The van der Waals surface area contributed by atoms with Gasteiger partial charge in [-0.25, -0.2) is 9.78 Å². The molecule has 2 aliphatic heterocycles. The fourth-order valence-electron chi connectivity index (χ4n) is 4.58. The number of rotatable bonds is 3. The molecule has 2 aliphatic rings. The van der Waals surface area contributed by atoms with E-state index in [9.17, 15) is 19.8 Å². The van der Waals surface area contributed by atoms with Gasteiger partial charge in [0.05, 0.1) is 29.0 Å². The van der Waals surface area contributed by atoms with Crippen molar-refractivity contribution in [3.05, 3.63) is 56.9 Å². The third-order valence-electron chi connectivity index (χ3n) is 6.25. The van der Waals surface area contributed by atoms with E-state index in [0.29, 0.717) is 41.1 Å². The van der Waals surface area contributed by atoms with E-state index >= 15 is 0 Å². The second-order valence-corrected chi connectivity index (χ2v) is 8.47. The highest BCUT2D eigenvalue weighted by molar-refractivity contribution is 5.89. The highest BCUT2D eigenvalue weighted by atomic mass is 16.6. The minimum absolute atomic E-state index is 0.104. The number of phenols is 1. The Kier molecular flexibility index (Phi) is 5.76. The van der Waals surface area contributed by atoms with Gasteiger partial charge in [0.15, 0.2) is 5.60 Å². The van der Waals surface area contributed by atoms with Crippen molar-refractivity contribution in [3.63, 3.8) is 0 Å². The van der Waals surface area contributed by atoms with Crippen molar-refractivity contribution in [3.8, 4) is 17.1 Å². The van der Waals surface area contributed by atoms with Gasteiger partial charge in [0, 0.05) is 28.6 Å². The lowest BCUT2D eigenvalue weighted by molar-refractivity contribution is -0.172. The molecule has 1 atom stereocenters. The van der Waals surface area contributed by atoms with Crippen molar-refractivity contribution in [2.24, 2.45) is 0 Å². The molecule has 0 amide bonds. The van der Waals surface area contributed by atoms with Crippen molar-refractivity contribution in [2.45, 2.75) is 52.5 Å². The van der Waals surface area contributed by atoms with Gasteiger partial charge < -0.3 is 24.4 Å². The fraction of sp³-hybridized carbons (Fsp3) is 0.400. The number of carbonyl (C=O) groups excluding carboxylic acids is 1. The number of nitrogens with zero attached hydrogens (tertiary/aromatic N) is 3. The van der Waals surface area contributed by atoms with Crippen molar-refractivity contribution in [2.75, 3.05) is 14.1 Å². The van der Waals surface area contributed by atoms with Crippen LogP contribution < -0.4 is 5.56 Å². The molecule has 1 aromatic carbocycles. The van der Waals surface area contributed by atoms with E-state index in [0.717, 1.165) is 16.5 Å². The highest BCUT2D eigenvalue weighted by Crippen LogP contribution is 2.39. The monoisotopic (exact) mass is 451 g/mol. The van der Waals surface area contributed by atoms with E-state index in [4.69, 9.17) is 9.72 Å². The maximum Gasteiger partial charge on any atom is 0.343 e. The van der Waals surface area contributed by atoms with Crippen molar-refractivity contribution >= 4 is 16.9 Å². The van der Waals surface area contributed by atoms with Crippen molar-refractivity contribution < 1.29 is 19.7 Å². The first-order chi connectivity index (χ1) is 15.7. The lowest BCUT2D eigenvalue weighted by Gasteiger charge is -2.31. The molecule has 5 rings (SSSR count). The summed E-state index contributed by atoms with van der Waals surface area (Å²) in [5, 5.41) is 22.2. The van der Waals surface area contributed by atoms with Crippen LogP contribution in [-0.2, 0) is 34.8 Å². The van der Waals surface area contributed by atoms with Crippen LogP contribution in [0, 0.1) is 0 Å². The molecule has 1 unspecified atom stereocenters. The van der Waals surface area contributed by atoms with Crippen LogP contribution in [0.1, 0.15) is 49.4 Å². The molecule has 4 heterocycles. The third-order valence-corrected chi connectivity index (χ3v) is 6.25. The molecule has 174 valence electrons. The highest BCUT2D eigenvalue weighted by Gasteiger charge is 2.45. The second-order valence-electron chi connectivity index (χ2n) is 8.47. The maximum atomic E-state index is 13.2. The minimum Gasteiger partial charge on any atom is -0.508 e. The normalized spacial score (nSPS) is 18.3. The number of pyridine rings is 2. The average Bonchev–Trinajstić information content (AvgIpc) is 3.16. The summed E-state index contributed by atoms with van der Waals surface area (Å²) in [7, 11) is 3.86.